The van der Waals surface area contributed by atoms with Crippen molar-refractivity contribution in [3.05, 3.63) is 53.6 Å². The predicted molar refractivity (Wildman–Crippen MR) is 80.9 cm³/mol. The summed E-state index contributed by atoms with van der Waals surface area (Å²) in [4.78, 5) is 2.36. The van der Waals surface area contributed by atoms with Crippen LogP contribution in [-0.4, -0.2) is 7.11 Å². The lowest BCUT2D eigenvalue weighted by molar-refractivity contribution is 0.405. The van der Waals surface area contributed by atoms with E-state index in [1.54, 1.807) is 18.9 Å². The van der Waals surface area contributed by atoms with E-state index in [1.807, 2.05) is 19.1 Å². The van der Waals surface area contributed by atoms with E-state index in [1.165, 1.54) is 10.5 Å². The summed E-state index contributed by atoms with van der Waals surface area (Å²) in [6, 6.07) is 14.5. The first-order valence-electron chi connectivity index (χ1n) is 6.29. The molecule has 0 aromatic heterocycles. The summed E-state index contributed by atoms with van der Waals surface area (Å²) in [6.07, 6.45) is 0. The Labute approximate surface area is 119 Å². The lowest BCUT2D eigenvalue weighted by Crippen LogP contribution is -2.08. The van der Waals surface area contributed by atoms with E-state index in [0.29, 0.717) is 0 Å². The van der Waals surface area contributed by atoms with Gasteiger partial charge < -0.3 is 10.5 Å². The number of nitrogens with two attached hydrogens (primary N) is 1. The minimum atomic E-state index is -0.0518. The maximum Gasteiger partial charge on any atom is 0.124 e. The van der Waals surface area contributed by atoms with Gasteiger partial charge in [0.1, 0.15) is 5.75 Å². The highest BCUT2D eigenvalue weighted by Crippen LogP contribution is 2.37. The molecule has 1 atom stereocenters. The monoisotopic (exact) mass is 273 g/mol. The molecule has 0 aliphatic carbocycles. The molecule has 0 aliphatic rings. The van der Waals surface area contributed by atoms with Gasteiger partial charge in [-0.15, -0.1) is 0 Å². The molecule has 2 nitrogen and oxygen atoms in total. The number of hydrogen-bond donors (Lipinski definition) is 1. The van der Waals surface area contributed by atoms with Crippen LogP contribution >= 0.6 is 11.8 Å². The fourth-order valence-electron chi connectivity index (χ4n) is 1.97. The van der Waals surface area contributed by atoms with Gasteiger partial charge in [0, 0.05) is 21.4 Å². The van der Waals surface area contributed by atoms with Crippen molar-refractivity contribution in [2.45, 2.75) is 29.7 Å². The molecule has 2 N–H and O–H groups in total. The third kappa shape index (κ3) is 3.31. The van der Waals surface area contributed by atoms with Gasteiger partial charge in [0.2, 0.25) is 0 Å². The van der Waals surface area contributed by atoms with Gasteiger partial charge in [0.05, 0.1) is 7.11 Å². The van der Waals surface area contributed by atoms with E-state index in [4.69, 9.17) is 10.5 Å². The van der Waals surface area contributed by atoms with Crippen LogP contribution in [0.15, 0.2) is 52.3 Å². The van der Waals surface area contributed by atoms with Crippen LogP contribution in [0.1, 0.15) is 24.1 Å². The highest BCUT2D eigenvalue weighted by atomic mass is 32.2. The SMILES string of the molecule is COc1cccc(Sc2ccc(C)cc2)c1C(C)N. The molecular formula is C16H19NOS. The lowest BCUT2D eigenvalue weighted by atomic mass is 10.1. The van der Waals surface area contributed by atoms with Crippen molar-refractivity contribution < 1.29 is 4.74 Å². The van der Waals surface area contributed by atoms with Crippen LogP contribution in [0.5, 0.6) is 5.75 Å². The molecule has 0 fully saturated rings. The van der Waals surface area contributed by atoms with Gasteiger partial charge >= 0.3 is 0 Å². The van der Waals surface area contributed by atoms with E-state index < -0.39 is 0 Å². The average Bonchev–Trinajstić information content (AvgIpc) is 2.40. The summed E-state index contributed by atoms with van der Waals surface area (Å²) in [6.45, 7) is 4.07. The van der Waals surface area contributed by atoms with Crippen LogP contribution in [0, 0.1) is 6.92 Å². The second-order valence-electron chi connectivity index (χ2n) is 4.58. The van der Waals surface area contributed by atoms with Crippen LogP contribution in [0.2, 0.25) is 0 Å². The number of hydrogen-bond acceptors (Lipinski definition) is 3. The molecule has 0 saturated heterocycles. The number of aryl methyl sites for hydroxylation is 1. The largest absolute Gasteiger partial charge is 0.496 e. The zero-order valence-electron chi connectivity index (χ0n) is 11.5. The maximum atomic E-state index is 6.08. The van der Waals surface area contributed by atoms with Gasteiger partial charge in [-0.05, 0) is 38.1 Å². The molecule has 0 bridgehead atoms. The lowest BCUT2D eigenvalue weighted by Gasteiger charge is -2.16. The summed E-state index contributed by atoms with van der Waals surface area (Å²) in [7, 11) is 1.68. The minimum Gasteiger partial charge on any atom is -0.496 e. The summed E-state index contributed by atoms with van der Waals surface area (Å²) >= 11 is 1.72. The number of methoxy groups -OCH3 is 1. The third-order valence-corrected chi connectivity index (χ3v) is 4.03. The molecule has 0 spiro atoms. The van der Waals surface area contributed by atoms with Gasteiger partial charge in [0.25, 0.3) is 0 Å². The van der Waals surface area contributed by atoms with E-state index in [2.05, 4.69) is 37.3 Å². The molecule has 19 heavy (non-hydrogen) atoms. The Hall–Kier alpha value is -1.45. The standard InChI is InChI=1S/C16H19NOS/c1-11-7-9-13(10-8-11)19-15-6-4-5-14(18-3)16(15)12(2)17/h4-10,12H,17H2,1-3H3. The van der Waals surface area contributed by atoms with Gasteiger partial charge in [-0.2, -0.15) is 0 Å². The Morgan fingerprint density at radius 2 is 1.79 bits per heavy atom. The van der Waals surface area contributed by atoms with Crippen molar-refractivity contribution in [3.8, 4) is 5.75 Å². The molecule has 0 radical (unpaired) electrons. The van der Waals surface area contributed by atoms with Crippen molar-refractivity contribution >= 4 is 11.8 Å². The molecule has 0 aliphatic heterocycles. The number of rotatable bonds is 4. The predicted octanol–water partition coefficient (Wildman–Crippen LogP) is 4.17. The molecule has 0 amide bonds. The molecule has 100 valence electrons. The minimum absolute atomic E-state index is 0.0518. The van der Waals surface area contributed by atoms with Crippen LogP contribution in [0.25, 0.3) is 0 Å². The highest BCUT2D eigenvalue weighted by Gasteiger charge is 2.13. The summed E-state index contributed by atoms with van der Waals surface area (Å²) in [5.74, 6) is 0.854. The van der Waals surface area contributed by atoms with Crippen LogP contribution in [0.3, 0.4) is 0 Å². The van der Waals surface area contributed by atoms with Crippen molar-refractivity contribution in [2.75, 3.05) is 7.11 Å². The number of ether oxygens (including phenoxy) is 1. The van der Waals surface area contributed by atoms with Gasteiger partial charge in [-0.25, -0.2) is 0 Å². The fraction of sp³-hybridized carbons (Fsp3) is 0.250. The molecule has 2 rings (SSSR count). The maximum absolute atomic E-state index is 6.08. The normalized spacial score (nSPS) is 12.2. The van der Waals surface area contributed by atoms with Crippen molar-refractivity contribution in [1.82, 2.24) is 0 Å². The summed E-state index contributed by atoms with van der Waals surface area (Å²) in [5, 5.41) is 0. The Kier molecular flexibility index (Phi) is 4.51. The number of benzene rings is 2. The molecule has 0 saturated carbocycles. The first-order valence-corrected chi connectivity index (χ1v) is 7.10. The van der Waals surface area contributed by atoms with Crippen LogP contribution < -0.4 is 10.5 Å². The Morgan fingerprint density at radius 3 is 2.37 bits per heavy atom. The molecule has 0 heterocycles. The Bertz CT molecular complexity index is 549. The van der Waals surface area contributed by atoms with Crippen LogP contribution in [0.4, 0.5) is 0 Å². The van der Waals surface area contributed by atoms with Gasteiger partial charge in [-0.1, -0.05) is 35.5 Å². The topological polar surface area (TPSA) is 35.2 Å². The molecule has 1 unspecified atom stereocenters. The van der Waals surface area contributed by atoms with E-state index in [-0.39, 0.29) is 6.04 Å². The summed E-state index contributed by atoms with van der Waals surface area (Å²) < 4.78 is 5.41. The van der Waals surface area contributed by atoms with E-state index in [0.717, 1.165) is 16.2 Å². The second-order valence-corrected chi connectivity index (χ2v) is 5.69. The van der Waals surface area contributed by atoms with Gasteiger partial charge in [-0.3, -0.25) is 0 Å². The zero-order chi connectivity index (χ0) is 13.8. The van der Waals surface area contributed by atoms with E-state index in [9.17, 15) is 0 Å². The quantitative estimate of drug-likeness (QED) is 0.908. The van der Waals surface area contributed by atoms with Crippen LogP contribution in [-0.2, 0) is 0 Å². The Morgan fingerprint density at radius 1 is 1.11 bits per heavy atom. The first kappa shape index (κ1) is 14.0. The van der Waals surface area contributed by atoms with Crippen molar-refractivity contribution in [1.29, 1.82) is 0 Å². The smallest absolute Gasteiger partial charge is 0.124 e. The Balaban J connectivity index is 2.36. The molecule has 3 heteroatoms. The molecule has 2 aromatic rings. The highest BCUT2D eigenvalue weighted by molar-refractivity contribution is 7.99. The van der Waals surface area contributed by atoms with Crippen molar-refractivity contribution in [3.63, 3.8) is 0 Å². The average molecular weight is 273 g/mol. The second kappa shape index (κ2) is 6.13. The van der Waals surface area contributed by atoms with E-state index >= 15 is 0 Å². The fourth-order valence-corrected chi connectivity index (χ4v) is 3.04. The molecule has 2 aromatic carbocycles. The van der Waals surface area contributed by atoms with Crippen molar-refractivity contribution in [2.24, 2.45) is 5.73 Å². The first-order chi connectivity index (χ1) is 9.11. The summed E-state index contributed by atoms with van der Waals surface area (Å²) in [5.41, 5.74) is 8.41. The van der Waals surface area contributed by atoms with Gasteiger partial charge in [0.15, 0.2) is 0 Å². The third-order valence-electron chi connectivity index (χ3n) is 2.95. The molecular weight excluding hydrogens is 254 g/mol. The zero-order valence-corrected chi connectivity index (χ0v) is 12.3.